The fourth-order valence-corrected chi connectivity index (χ4v) is 2.92. The molecule has 1 aromatic carbocycles. The molecule has 0 aliphatic carbocycles. The van der Waals surface area contributed by atoms with Crippen LogP contribution in [0.4, 0.5) is 4.39 Å². The Balaban J connectivity index is 1.84. The van der Waals surface area contributed by atoms with Gasteiger partial charge in [-0.15, -0.1) is 5.10 Å². The van der Waals surface area contributed by atoms with Crippen LogP contribution in [0.1, 0.15) is 30.0 Å². The minimum atomic E-state index is -0.514. The number of aromatic nitrogens is 3. The third kappa shape index (κ3) is 3.00. The zero-order valence-corrected chi connectivity index (χ0v) is 14.2. The van der Waals surface area contributed by atoms with E-state index in [0.717, 1.165) is 0 Å². The number of carbonyl (C=O) groups is 1. The fourth-order valence-electron chi connectivity index (χ4n) is 2.75. The molecule has 3 rings (SSSR count). The summed E-state index contributed by atoms with van der Waals surface area (Å²) in [5, 5.41) is 10.9. The van der Waals surface area contributed by atoms with Crippen molar-refractivity contribution in [2.75, 3.05) is 0 Å². The van der Waals surface area contributed by atoms with E-state index in [4.69, 9.17) is 11.6 Å². The Bertz CT molecular complexity index is 769. The van der Waals surface area contributed by atoms with Gasteiger partial charge in [0.1, 0.15) is 5.82 Å². The Morgan fingerprint density at radius 1 is 1.33 bits per heavy atom. The number of hydrogen-bond acceptors (Lipinski definition) is 5. The van der Waals surface area contributed by atoms with Crippen LogP contribution < -0.4 is 16.2 Å². The molecule has 1 aromatic heterocycles. The van der Waals surface area contributed by atoms with E-state index < -0.39 is 5.82 Å². The average Bonchev–Trinajstić information content (AvgIpc) is 3.07. The minimum absolute atomic E-state index is 0.0147. The Morgan fingerprint density at radius 2 is 2.00 bits per heavy atom. The summed E-state index contributed by atoms with van der Waals surface area (Å²) in [5.74, 6) is -0.818. The molecule has 2 aromatic rings. The van der Waals surface area contributed by atoms with E-state index in [2.05, 4.69) is 26.5 Å². The Labute approximate surface area is 143 Å². The highest BCUT2D eigenvalue weighted by atomic mass is 35.5. The minimum Gasteiger partial charge on any atom is -0.345 e. The van der Waals surface area contributed by atoms with Crippen LogP contribution in [0.3, 0.4) is 0 Å². The fraction of sp³-hybridized carbons (Fsp3) is 0.400. The standard InChI is InChI=1S/C15H18ClFN6O/c1-7-13(8(2)20-19-7)18-15(24)14-9(3)23(22-21-14)10-4-5-12(17)11(16)6-10/h4-8,13,19-20H,1-3H3,(H,18,24). The molecule has 2 atom stereocenters. The van der Waals surface area contributed by atoms with Crippen LogP contribution in [-0.4, -0.2) is 39.0 Å². The number of amides is 1. The van der Waals surface area contributed by atoms with Crippen LogP contribution in [0.25, 0.3) is 5.69 Å². The molecule has 2 heterocycles. The zero-order valence-electron chi connectivity index (χ0n) is 13.5. The topological polar surface area (TPSA) is 83.9 Å². The summed E-state index contributed by atoms with van der Waals surface area (Å²) in [6.45, 7) is 5.68. The van der Waals surface area contributed by atoms with Gasteiger partial charge in [0, 0.05) is 12.1 Å². The highest BCUT2D eigenvalue weighted by Crippen LogP contribution is 2.20. The Hall–Kier alpha value is -2.03. The van der Waals surface area contributed by atoms with Crippen molar-refractivity contribution in [3.63, 3.8) is 0 Å². The van der Waals surface area contributed by atoms with Gasteiger partial charge in [-0.25, -0.2) is 9.07 Å². The SMILES string of the molecule is Cc1c(C(=O)NC2C(C)NNC2C)nnn1-c1ccc(F)c(Cl)c1. The molecule has 24 heavy (non-hydrogen) atoms. The molecule has 1 aliphatic heterocycles. The van der Waals surface area contributed by atoms with E-state index in [1.807, 2.05) is 13.8 Å². The molecular formula is C15H18ClFN6O. The molecule has 128 valence electrons. The first kappa shape index (κ1) is 16.8. The molecule has 2 unspecified atom stereocenters. The van der Waals surface area contributed by atoms with Gasteiger partial charge in [0.2, 0.25) is 0 Å². The number of hydrogen-bond donors (Lipinski definition) is 3. The summed E-state index contributed by atoms with van der Waals surface area (Å²) in [6, 6.07) is 4.33. The normalized spacial score (nSPS) is 23.5. The number of nitrogens with one attached hydrogen (secondary N) is 3. The van der Waals surface area contributed by atoms with E-state index in [-0.39, 0.29) is 34.7 Å². The van der Waals surface area contributed by atoms with Gasteiger partial charge < -0.3 is 5.32 Å². The second-order valence-corrected chi connectivity index (χ2v) is 6.31. The average molecular weight is 353 g/mol. The van der Waals surface area contributed by atoms with Gasteiger partial charge in [0.05, 0.1) is 22.4 Å². The lowest BCUT2D eigenvalue weighted by molar-refractivity contribution is 0.0926. The molecule has 0 spiro atoms. The largest absolute Gasteiger partial charge is 0.345 e. The van der Waals surface area contributed by atoms with Crippen molar-refractivity contribution >= 4 is 17.5 Å². The van der Waals surface area contributed by atoms with Crippen molar-refractivity contribution in [1.82, 2.24) is 31.2 Å². The van der Waals surface area contributed by atoms with Crippen molar-refractivity contribution in [3.05, 3.63) is 40.4 Å². The molecule has 1 saturated heterocycles. The van der Waals surface area contributed by atoms with Crippen molar-refractivity contribution in [1.29, 1.82) is 0 Å². The lowest BCUT2D eigenvalue weighted by Gasteiger charge is -2.19. The van der Waals surface area contributed by atoms with Gasteiger partial charge >= 0.3 is 0 Å². The zero-order chi connectivity index (χ0) is 17.4. The molecule has 9 heteroatoms. The number of hydrazine groups is 1. The highest BCUT2D eigenvalue weighted by Gasteiger charge is 2.32. The van der Waals surface area contributed by atoms with Crippen molar-refractivity contribution < 1.29 is 9.18 Å². The molecule has 1 fully saturated rings. The molecule has 1 amide bonds. The molecular weight excluding hydrogens is 335 g/mol. The number of benzene rings is 1. The summed E-state index contributed by atoms with van der Waals surface area (Å²) >= 11 is 5.80. The molecule has 7 nitrogen and oxygen atoms in total. The van der Waals surface area contributed by atoms with E-state index >= 15 is 0 Å². The van der Waals surface area contributed by atoms with Crippen molar-refractivity contribution in [3.8, 4) is 5.69 Å². The van der Waals surface area contributed by atoms with Gasteiger partial charge in [-0.3, -0.25) is 15.6 Å². The van der Waals surface area contributed by atoms with Gasteiger partial charge in [-0.05, 0) is 39.0 Å². The number of halogens is 2. The van der Waals surface area contributed by atoms with Crippen LogP contribution in [-0.2, 0) is 0 Å². The van der Waals surface area contributed by atoms with Crippen LogP contribution >= 0.6 is 11.6 Å². The number of rotatable bonds is 3. The number of carbonyl (C=O) groups excluding carboxylic acids is 1. The van der Waals surface area contributed by atoms with Crippen LogP contribution in [0.2, 0.25) is 5.02 Å². The maximum absolute atomic E-state index is 13.3. The molecule has 3 N–H and O–H groups in total. The quantitative estimate of drug-likeness (QED) is 0.776. The second kappa shape index (κ2) is 6.46. The summed E-state index contributed by atoms with van der Waals surface area (Å²) < 4.78 is 14.8. The Kier molecular flexibility index (Phi) is 4.53. The maximum atomic E-state index is 13.3. The van der Waals surface area contributed by atoms with Crippen LogP contribution in [0.15, 0.2) is 18.2 Å². The van der Waals surface area contributed by atoms with Gasteiger partial charge in [-0.2, -0.15) is 0 Å². The lowest BCUT2D eigenvalue weighted by Crippen LogP contribution is -2.46. The molecule has 0 saturated carbocycles. The van der Waals surface area contributed by atoms with Crippen LogP contribution in [0.5, 0.6) is 0 Å². The van der Waals surface area contributed by atoms with E-state index in [0.29, 0.717) is 11.4 Å². The van der Waals surface area contributed by atoms with Crippen LogP contribution in [0, 0.1) is 12.7 Å². The van der Waals surface area contributed by atoms with Crippen molar-refractivity contribution in [2.45, 2.75) is 38.9 Å². The third-order valence-corrected chi connectivity index (χ3v) is 4.46. The monoisotopic (exact) mass is 352 g/mol. The van der Waals surface area contributed by atoms with Gasteiger partial charge in [0.15, 0.2) is 5.69 Å². The second-order valence-electron chi connectivity index (χ2n) is 5.90. The maximum Gasteiger partial charge on any atom is 0.274 e. The van der Waals surface area contributed by atoms with E-state index in [1.54, 1.807) is 6.92 Å². The third-order valence-electron chi connectivity index (χ3n) is 4.17. The van der Waals surface area contributed by atoms with Gasteiger partial charge in [-0.1, -0.05) is 16.8 Å². The molecule has 1 aliphatic rings. The predicted molar refractivity (Wildman–Crippen MR) is 87.5 cm³/mol. The first-order valence-electron chi connectivity index (χ1n) is 7.58. The first-order valence-corrected chi connectivity index (χ1v) is 7.96. The summed E-state index contributed by atoms with van der Waals surface area (Å²) in [4.78, 5) is 12.5. The van der Waals surface area contributed by atoms with Gasteiger partial charge in [0.25, 0.3) is 5.91 Å². The van der Waals surface area contributed by atoms with E-state index in [1.165, 1.54) is 22.9 Å². The van der Waals surface area contributed by atoms with Crippen molar-refractivity contribution in [2.24, 2.45) is 0 Å². The number of nitrogens with zero attached hydrogens (tertiary/aromatic N) is 3. The highest BCUT2D eigenvalue weighted by molar-refractivity contribution is 6.30. The van der Waals surface area contributed by atoms with E-state index in [9.17, 15) is 9.18 Å². The summed E-state index contributed by atoms with van der Waals surface area (Å²) in [7, 11) is 0. The summed E-state index contributed by atoms with van der Waals surface area (Å²) in [5.41, 5.74) is 7.47. The Morgan fingerprint density at radius 3 is 2.62 bits per heavy atom. The predicted octanol–water partition coefficient (Wildman–Crippen LogP) is 1.35. The molecule has 0 radical (unpaired) electrons. The summed E-state index contributed by atoms with van der Waals surface area (Å²) in [6.07, 6.45) is 0. The smallest absolute Gasteiger partial charge is 0.274 e. The first-order chi connectivity index (χ1) is 11.4. The lowest BCUT2D eigenvalue weighted by atomic mass is 10.1. The molecule has 0 bridgehead atoms.